The number of pyridine rings is 1. The maximum atomic E-state index is 4.43. The molecule has 0 aliphatic rings. The van der Waals surface area contributed by atoms with Crippen LogP contribution in [0.4, 0.5) is 0 Å². The maximum Gasteiger partial charge on any atom is 0.0794 e. The molecule has 0 fully saturated rings. The van der Waals surface area contributed by atoms with E-state index in [4.69, 9.17) is 0 Å². The van der Waals surface area contributed by atoms with Crippen LogP contribution in [0.5, 0.6) is 0 Å². The Kier molecular flexibility index (Phi) is 3.53. The Labute approximate surface area is 116 Å². The van der Waals surface area contributed by atoms with Gasteiger partial charge in [0.15, 0.2) is 0 Å². The number of hydrogen-bond donors (Lipinski definition) is 1. The molecule has 0 aliphatic carbocycles. The average Bonchev–Trinajstić information content (AvgIpc) is 2.98. The van der Waals surface area contributed by atoms with Crippen LogP contribution in [-0.2, 0) is 0 Å². The van der Waals surface area contributed by atoms with Crippen LogP contribution in [0.1, 0.15) is 23.4 Å². The van der Waals surface area contributed by atoms with Crippen molar-refractivity contribution < 1.29 is 0 Å². The molecule has 96 valence electrons. The van der Waals surface area contributed by atoms with Gasteiger partial charge in [-0.2, -0.15) is 0 Å². The van der Waals surface area contributed by atoms with Crippen LogP contribution in [-0.4, -0.2) is 16.5 Å². The highest BCUT2D eigenvalue weighted by Gasteiger charge is 2.14. The summed E-state index contributed by atoms with van der Waals surface area (Å²) in [6.45, 7) is 3.04. The second kappa shape index (κ2) is 5.47. The van der Waals surface area contributed by atoms with Gasteiger partial charge in [0.2, 0.25) is 0 Å². The van der Waals surface area contributed by atoms with E-state index in [1.165, 1.54) is 15.8 Å². The second-order valence-corrected chi connectivity index (χ2v) is 5.27. The van der Waals surface area contributed by atoms with Gasteiger partial charge in [0.05, 0.1) is 17.1 Å². The van der Waals surface area contributed by atoms with Crippen molar-refractivity contribution in [2.45, 2.75) is 13.0 Å². The SMILES string of the molecule is CCNC(c1ccc2cccnc2c1)c1cncs1. The van der Waals surface area contributed by atoms with E-state index in [9.17, 15) is 0 Å². The third kappa shape index (κ3) is 2.50. The van der Waals surface area contributed by atoms with E-state index < -0.39 is 0 Å². The monoisotopic (exact) mass is 269 g/mol. The number of hydrogen-bond acceptors (Lipinski definition) is 4. The molecule has 1 atom stereocenters. The van der Waals surface area contributed by atoms with Gasteiger partial charge in [-0.15, -0.1) is 11.3 Å². The van der Waals surface area contributed by atoms with Gasteiger partial charge >= 0.3 is 0 Å². The molecule has 3 nitrogen and oxygen atoms in total. The fraction of sp³-hybridized carbons (Fsp3) is 0.200. The standard InChI is InChI=1S/C15H15N3S/c1-2-17-15(14-9-16-10-19-14)12-6-5-11-4-3-7-18-13(11)8-12/h3-10,15,17H,2H2,1H3. The Morgan fingerprint density at radius 3 is 3.05 bits per heavy atom. The molecule has 0 spiro atoms. The normalized spacial score (nSPS) is 12.7. The van der Waals surface area contributed by atoms with Crippen molar-refractivity contribution in [3.63, 3.8) is 0 Å². The highest BCUT2D eigenvalue weighted by molar-refractivity contribution is 7.09. The molecule has 0 saturated heterocycles. The molecule has 0 radical (unpaired) electrons. The molecule has 19 heavy (non-hydrogen) atoms. The van der Waals surface area contributed by atoms with E-state index >= 15 is 0 Å². The molecule has 0 amide bonds. The fourth-order valence-corrected chi connectivity index (χ4v) is 2.94. The number of benzene rings is 1. The Morgan fingerprint density at radius 1 is 1.32 bits per heavy atom. The lowest BCUT2D eigenvalue weighted by atomic mass is 10.0. The molecule has 2 heterocycles. The highest BCUT2D eigenvalue weighted by Crippen LogP contribution is 2.26. The lowest BCUT2D eigenvalue weighted by Gasteiger charge is -2.16. The topological polar surface area (TPSA) is 37.8 Å². The average molecular weight is 269 g/mol. The van der Waals surface area contributed by atoms with Crippen LogP contribution in [0.15, 0.2) is 48.2 Å². The van der Waals surface area contributed by atoms with Gasteiger partial charge < -0.3 is 5.32 Å². The number of aromatic nitrogens is 2. The lowest BCUT2D eigenvalue weighted by molar-refractivity contribution is 0.639. The molecular formula is C15H15N3S. The third-order valence-electron chi connectivity index (χ3n) is 3.11. The van der Waals surface area contributed by atoms with E-state index in [0.717, 1.165) is 12.1 Å². The minimum atomic E-state index is 0.198. The fourth-order valence-electron chi connectivity index (χ4n) is 2.22. The summed E-state index contributed by atoms with van der Waals surface area (Å²) in [4.78, 5) is 9.84. The first-order valence-electron chi connectivity index (χ1n) is 6.35. The summed E-state index contributed by atoms with van der Waals surface area (Å²) in [5.41, 5.74) is 4.14. The van der Waals surface area contributed by atoms with Crippen LogP contribution in [0.25, 0.3) is 10.9 Å². The zero-order valence-corrected chi connectivity index (χ0v) is 11.5. The van der Waals surface area contributed by atoms with Crippen molar-refractivity contribution in [1.82, 2.24) is 15.3 Å². The summed E-state index contributed by atoms with van der Waals surface area (Å²) in [6.07, 6.45) is 3.77. The van der Waals surface area contributed by atoms with Gasteiger partial charge in [0.25, 0.3) is 0 Å². The molecule has 2 aromatic heterocycles. The van der Waals surface area contributed by atoms with Crippen LogP contribution >= 0.6 is 11.3 Å². The third-order valence-corrected chi connectivity index (χ3v) is 3.95. The highest BCUT2D eigenvalue weighted by atomic mass is 32.1. The van der Waals surface area contributed by atoms with Crippen molar-refractivity contribution in [3.05, 3.63) is 58.7 Å². The van der Waals surface area contributed by atoms with Crippen molar-refractivity contribution in [2.75, 3.05) is 6.54 Å². The van der Waals surface area contributed by atoms with Crippen LogP contribution in [0.2, 0.25) is 0 Å². The zero-order valence-electron chi connectivity index (χ0n) is 10.7. The molecule has 0 bridgehead atoms. The zero-order chi connectivity index (χ0) is 13.1. The first kappa shape index (κ1) is 12.3. The number of thiazole rings is 1. The molecule has 3 rings (SSSR count). The molecule has 1 N–H and O–H groups in total. The van der Waals surface area contributed by atoms with Gasteiger partial charge in [-0.1, -0.05) is 25.1 Å². The molecule has 0 aliphatic heterocycles. The first-order chi connectivity index (χ1) is 9.38. The molecule has 3 aromatic rings. The van der Waals surface area contributed by atoms with Crippen molar-refractivity contribution in [2.24, 2.45) is 0 Å². The lowest BCUT2D eigenvalue weighted by Crippen LogP contribution is -2.21. The molecular weight excluding hydrogens is 254 g/mol. The van der Waals surface area contributed by atoms with Crippen LogP contribution in [0, 0.1) is 0 Å². The summed E-state index contributed by atoms with van der Waals surface area (Å²) in [5.74, 6) is 0. The van der Waals surface area contributed by atoms with Gasteiger partial charge in [-0.25, -0.2) is 0 Å². The minimum Gasteiger partial charge on any atom is -0.306 e. The Hall–Kier alpha value is -1.78. The minimum absolute atomic E-state index is 0.198. The van der Waals surface area contributed by atoms with Gasteiger partial charge in [-0.3, -0.25) is 9.97 Å². The first-order valence-corrected chi connectivity index (χ1v) is 7.23. The summed E-state index contributed by atoms with van der Waals surface area (Å²) >= 11 is 1.68. The van der Waals surface area contributed by atoms with Crippen molar-refractivity contribution >= 4 is 22.2 Å². The molecule has 1 aromatic carbocycles. The number of nitrogens with one attached hydrogen (secondary N) is 1. The van der Waals surface area contributed by atoms with Gasteiger partial charge in [0, 0.05) is 22.7 Å². The van der Waals surface area contributed by atoms with Gasteiger partial charge in [-0.05, 0) is 24.2 Å². The number of rotatable bonds is 4. The quantitative estimate of drug-likeness (QED) is 0.789. The number of fused-ring (bicyclic) bond motifs is 1. The smallest absolute Gasteiger partial charge is 0.0794 e. The van der Waals surface area contributed by atoms with Crippen LogP contribution < -0.4 is 5.32 Å². The predicted molar refractivity (Wildman–Crippen MR) is 79.4 cm³/mol. The van der Waals surface area contributed by atoms with Gasteiger partial charge in [0.1, 0.15) is 0 Å². The summed E-state index contributed by atoms with van der Waals surface area (Å²) in [5, 5.41) is 4.68. The summed E-state index contributed by atoms with van der Waals surface area (Å²) < 4.78 is 0. The second-order valence-electron chi connectivity index (χ2n) is 4.35. The van der Waals surface area contributed by atoms with Crippen LogP contribution in [0.3, 0.4) is 0 Å². The predicted octanol–water partition coefficient (Wildman–Crippen LogP) is 3.39. The van der Waals surface area contributed by atoms with Crippen molar-refractivity contribution in [1.29, 1.82) is 0 Å². The van der Waals surface area contributed by atoms with E-state index in [2.05, 4.69) is 46.5 Å². The maximum absolute atomic E-state index is 4.43. The Morgan fingerprint density at radius 2 is 2.26 bits per heavy atom. The summed E-state index contributed by atoms with van der Waals surface area (Å²) in [7, 11) is 0. The largest absolute Gasteiger partial charge is 0.306 e. The van der Waals surface area contributed by atoms with E-state index in [-0.39, 0.29) is 6.04 Å². The molecule has 4 heteroatoms. The summed E-state index contributed by atoms with van der Waals surface area (Å²) in [6, 6.07) is 10.7. The Balaban J connectivity index is 2.05. The van der Waals surface area contributed by atoms with E-state index in [0.29, 0.717) is 0 Å². The number of nitrogens with zero attached hydrogens (tertiary/aromatic N) is 2. The molecule has 1 unspecified atom stereocenters. The van der Waals surface area contributed by atoms with E-state index in [1.54, 1.807) is 11.3 Å². The Bertz CT molecular complexity index is 664. The molecule has 0 saturated carbocycles. The van der Waals surface area contributed by atoms with Crippen molar-refractivity contribution in [3.8, 4) is 0 Å². The van der Waals surface area contributed by atoms with E-state index in [1.807, 2.05) is 24.0 Å².